The molecule has 166 valence electrons. The maximum Gasteiger partial charge on any atom is 0.232 e. The summed E-state index contributed by atoms with van der Waals surface area (Å²) in [5.74, 6) is 1.82. The number of hydrogen-bond donors (Lipinski definition) is 1. The highest BCUT2D eigenvalue weighted by molar-refractivity contribution is 6.36. The molecule has 8 nitrogen and oxygen atoms in total. The molecule has 1 aliphatic rings. The number of pyridine rings is 1. The fourth-order valence-electron chi connectivity index (χ4n) is 3.79. The molecular weight excluding hydrogens is 461 g/mol. The van der Waals surface area contributed by atoms with E-state index in [-0.39, 0.29) is 12.3 Å². The van der Waals surface area contributed by atoms with Crippen molar-refractivity contribution in [2.75, 3.05) is 16.8 Å². The molecular formula is C23H19Cl2N7O. The molecule has 0 radical (unpaired) electrons. The van der Waals surface area contributed by atoms with Gasteiger partial charge in [0.05, 0.1) is 18.3 Å². The van der Waals surface area contributed by atoms with Crippen molar-refractivity contribution >= 4 is 46.7 Å². The number of carbonyl (C=O) groups excluding carboxylic acids is 1. The first kappa shape index (κ1) is 21.4. The van der Waals surface area contributed by atoms with Gasteiger partial charge in [-0.2, -0.15) is 5.10 Å². The molecule has 4 heterocycles. The molecule has 0 fully saturated rings. The van der Waals surface area contributed by atoms with Crippen molar-refractivity contribution in [1.82, 2.24) is 24.7 Å². The van der Waals surface area contributed by atoms with Crippen LogP contribution < -0.4 is 10.2 Å². The Morgan fingerprint density at radius 3 is 2.70 bits per heavy atom. The van der Waals surface area contributed by atoms with Gasteiger partial charge >= 0.3 is 0 Å². The van der Waals surface area contributed by atoms with E-state index in [2.05, 4.69) is 25.4 Å². The number of aromatic nitrogens is 5. The first-order valence-corrected chi connectivity index (χ1v) is 11.1. The van der Waals surface area contributed by atoms with E-state index in [0.717, 1.165) is 22.6 Å². The lowest BCUT2D eigenvalue weighted by Crippen LogP contribution is -2.31. The minimum Gasteiger partial charge on any atom is -0.309 e. The molecule has 1 aliphatic heterocycles. The number of nitrogens with zero attached hydrogens (tertiary/aromatic N) is 6. The van der Waals surface area contributed by atoms with E-state index in [9.17, 15) is 4.79 Å². The molecule has 33 heavy (non-hydrogen) atoms. The topological polar surface area (TPSA) is 88.8 Å². The van der Waals surface area contributed by atoms with E-state index in [1.54, 1.807) is 46.4 Å². The molecule has 0 saturated carbocycles. The molecule has 5 rings (SSSR count). The summed E-state index contributed by atoms with van der Waals surface area (Å²) < 4.78 is 1.70. The van der Waals surface area contributed by atoms with Crippen LogP contribution in [-0.2, 0) is 24.7 Å². The third kappa shape index (κ3) is 4.27. The zero-order chi connectivity index (χ0) is 22.9. The predicted octanol–water partition coefficient (Wildman–Crippen LogP) is 4.45. The Balaban J connectivity index is 1.36. The number of carbonyl (C=O) groups is 1. The lowest BCUT2D eigenvalue weighted by Gasteiger charge is -2.17. The molecule has 0 aliphatic carbocycles. The smallest absolute Gasteiger partial charge is 0.232 e. The standard InChI is InChI=1S/C23H19Cl2N7O/c1-31-20(6-9-28-31)30-23-26-8-5-19(29-23)15-11-14-7-10-32(22(14)27-13-15)21(33)12-16-17(24)3-2-4-18(16)25/h2-6,8-9,11,13H,7,10,12H2,1H3,(H,26,29,30). The summed E-state index contributed by atoms with van der Waals surface area (Å²) in [6.45, 7) is 0.559. The van der Waals surface area contributed by atoms with Gasteiger partial charge in [-0.3, -0.25) is 14.4 Å². The molecule has 3 aromatic heterocycles. The van der Waals surface area contributed by atoms with Gasteiger partial charge in [0, 0.05) is 47.7 Å². The lowest BCUT2D eigenvalue weighted by molar-refractivity contribution is -0.117. The van der Waals surface area contributed by atoms with Gasteiger partial charge in [0.15, 0.2) is 0 Å². The number of halogens is 2. The summed E-state index contributed by atoms with van der Waals surface area (Å²) in [6, 6.07) is 10.9. The Morgan fingerprint density at radius 2 is 1.94 bits per heavy atom. The monoisotopic (exact) mass is 479 g/mol. The molecule has 0 bridgehead atoms. The van der Waals surface area contributed by atoms with Crippen molar-refractivity contribution in [1.29, 1.82) is 0 Å². The zero-order valence-electron chi connectivity index (χ0n) is 17.7. The number of anilines is 3. The van der Waals surface area contributed by atoms with Gasteiger partial charge in [0.1, 0.15) is 11.6 Å². The normalized spacial score (nSPS) is 12.6. The Bertz CT molecular complexity index is 1330. The second-order valence-electron chi connectivity index (χ2n) is 7.61. The van der Waals surface area contributed by atoms with E-state index in [1.165, 1.54) is 0 Å². The third-order valence-electron chi connectivity index (χ3n) is 5.51. The summed E-state index contributed by atoms with van der Waals surface area (Å²) in [5.41, 5.74) is 3.21. The van der Waals surface area contributed by atoms with E-state index < -0.39 is 0 Å². The number of benzene rings is 1. The Morgan fingerprint density at radius 1 is 1.12 bits per heavy atom. The van der Waals surface area contributed by atoms with Gasteiger partial charge < -0.3 is 5.32 Å². The average molecular weight is 480 g/mol. The minimum atomic E-state index is -0.0892. The molecule has 0 atom stereocenters. The Kier molecular flexibility index (Phi) is 5.70. The SMILES string of the molecule is Cn1nccc1Nc1nccc(-c2cnc3c(c2)CCN3C(=O)Cc2c(Cl)cccc2Cl)n1. The highest BCUT2D eigenvalue weighted by Crippen LogP contribution is 2.31. The molecule has 1 aromatic carbocycles. The molecule has 0 unspecified atom stereocenters. The maximum atomic E-state index is 13.0. The first-order chi connectivity index (χ1) is 16.0. The molecule has 4 aromatic rings. The number of nitrogens with one attached hydrogen (secondary N) is 1. The number of rotatable bonds is 5. The average Bonchev–Trinajstić information content (AvgIpc) is 3.42. The van der Waals surface area contributed by atoms with Crippen LogP contribution in [-0.4, -0.2) is 37.2 Å². The van der Waals surface area contributed by atoms with Gasteiger partial charge in [-0.05, 0) is 41.8 Å². The van der Waals surface area contributed by atoms with Gasteiger partial charge in [-0.25, -0.2) is 15.0 Å². The number of amides is 1. The van der Waals surface area contributed by atoms with E-state index in [0.29, 0.717) is 40.3 Å². The van der Waals surface area contributed by atoms with Gasteiger partial charge in [-0.15, -0.1) is 0 Å². The summed E-state index contributed by atoms with van der Waals surface area (Å²) in [4.78, 5) is 28.2. The molecule has 10 heteroatoms. The molecule has 1 amide bonds. The molecule has 0 saturated heterocycles. The van der Waals surface area contributed by atoms with E-state index >= 15 is 0 Å². The Hall–Kier alpha value is -3.49. The van der Waals surface area contributed by atoms with Crippen molar-refractivity contribution in [3.8, 4) is 11.3 Å². The van der Waals surface area contributed by atoms with Crippen molar-refractivity contribution in [3.63, 3.8) is 0 Å². The first-order valence-electron chi connectivity index (χ1n) is 10.3. The van der Waals surface area contributed by atoms with Crippen LogP contribution >= 0.6 is 23.2 Å². The van der Waals surface area contributed by atoms with Crippen LogP contribution in [0.4, 0.5) is 17.6 Å². The summed E-state index contributed by atoms with van der Waals surface area (Å²) in [5, 5.41) is 8.25. The Labute approximate surface area is 200 Å². The van der Waals surface area contributed by atoms with Crippen LogP contribution in [0.5, 0.6) is 0 Å². The van der Waals surface area contributed by atoms with Crippen LogP contribution in [0.15, 0.2) is 55.0 Å². The second kappa shape index (κ2) is 8.80. The second-order valence-corrected chi connectivity index (χ2v) is 8.42. The number of hydrogen-bond acceptors (Lipinski definition) is 6. The van der Waals surface area contributed by atoms with Crippen LogP contribution in [0.25, 0.3) is 11.3 Å². The summed E-state index contributed by atoms with van der Waals surface area (Å²) in [6.07, 6.45) is 5.95. The zero-order valence-corrected chi connectivity index (χ0v) is 19.2. The fraction of sp³-hybridized carbons (Fsp3) is 0.174. The number of aryl methyl sites for hydroxylation is 1. The van der Waals surface area contributed by atoms with Crippen LogP contribution in [0, 0.1) is 0 Å². The van der Waals surface area contributed by atoms with E-state index in [1.807, 2.05) is 25.2 Å². The maximum absolute atomic E-state index is 13.0. The summed E-state index contributed by atoms with van der Waals surface area (Å²) >= 11 is 12.5. The van der Waals surface area contributed by atoms with Crippen LogP contribution in [0.2, 0.25) is 10.0 Å². The fourth-order valence-corrected chi connectivity index (χ4v) is 4.32. The molecule has 0 spiro atoms. The molecule has 1 N–H and O–H groups in total. The van der Waals surface area contributed by atoms with Crippen molar-refractivity contribution < 1.29 is 4.79 Å². The third-order valence-corrected chi connectivity index (χ3v) is 6.21. The van der Waals surface area contributed by atoms with Gasteiger partial charge in [0.2, 0.25) is 11.9 Å². The lowest BCUT2D eigenvalue weighted by atomic mass is 10.1. The van der Waals surface area contributed by atoms with Crippen LogP contribution in [0.3, 0.4) is 0 Å². The quantitative estimate of drug-likeness (QED) is 0.454. The largest absolute Gasteiger partial charge is 0.309 e. The minimum absolute atomic E-state index is 0.0892. The van der Waals surface area contributed by atoms with Gasteiger partial charge in [0.25, 0.3) is 0 Å². The highest BCUT2D eigenvalue weighted by atomic mass is 35.5. The van der Waals surface area contributed by atoms with Crippen LogP contribution in [0.1, 0.15) is 11.1 Å². The highest BCUT2D eigenvalue weighted by Gasteiger charge is 2.27. The number of fused-ring (bicyclic) bond motifs is 1. The predicted molar refractivity (Wildman–Crippen MR) is 128 cm³/mol. The van der Waals surface area contributed by atoms with Crippen molar-refractivity contribution in [3.05, 3.63) is 76.2 Å². The van der Waals surface area contributed by atoms with Crippen molar-refractivity contribution in [2.45, 2.75) is 12.8 Å². The van der Waals surface area contributed by atoms with Gasteiger partial charge in [-0.1, -0.05) is 29.3 Å². The summed E-state index contributed by atoms with van der Waals surface area (Å²) in [7, 11) is 1.84. The van der Waals surface area contributed by atoms with E-state index in [4.69, 9.17) is 23.2 Å². The van der Waals surface area contributed by atoms with Crippen molar-refractivity contribution in [2.24, 2.45) is 7.05 Å².